The summed E-state index contributed by atoms with van der Waals surface area (Å²) >= 11 is 0. The highest BCUT2D eigenvalue weighted by molar-refractivity contribution is 4.92. The van der Waals surface area contributed by atoms with Gasteiger partial charge in [-0.15, -0.1) is 0 Å². The molecule has 0 radical (unpaired) electrons. The maximum Gasteiger partial charge on any atom is 0.111 e. The molecule has 10 unspecified atom stereocenters. The number of rotatable bonds is 9. The van der Waals surface area contributed by atoms with Crippen molar-refractivity contribution in [1.82, 2.24) is 0 Å². The first-order valence-corrected chi connectivity index (χ1v) is 6.74. The summed E-state index contributed by atoms with van der Waals surface area (Å²) in [5.41, 5.74) is 0. The normalized spacial score (nSPS) is 26.2. The van der Waals surface area contributed by atoms with Gasteiger partial charge in [0.25, 0.3) is 0 Å². The molecule has 0 saturated carbocycles. The van der Waals surface area contributed by atoms with Crippen LogP contribution >= 0.6 is 0 Å². The van der Waals surface area contributed by atoms with Crippen LogP contribution in [0.1, 0.15) is 13.8 Å². The van der Waals surface area contributed by atoms with E-state index in [0.29, 0.717) is 0 Å². The van der Waals surface area contributed by atoms with E-state index in [0.717, 1.165) is 13.8 Å². The van der Waals surface area contributed by atoms with E-state index >= 15 is 0 Å². The summed E-state index contributed by atoms with van der Waals surface area (Å²) < 4.78 is 0. The van der Waals surface area contributed by atoms with Crippen molar-refractivity contribution in [1.29, 1.82) is 0 Å². The number of aliphatic hydroxyl groups excluding tert-OH is 10. The van der Waals surface area contributed by atoms with Crippen LogP contribution in [0.4, 0.5) is 0 Å². The SMILES string of the molecule is CC(O)C(O)C(O)C(O)C(O)C(O)C(O)C(O)C(O)C(C)O. The molecule has 10 nitrogen and oxygen atoms in total. The summed E-state index contributed by atoms with van der Waals surface area (Å²) in [7, 11) is 0. The average Bonchev–Trinajstić information content (AvgIpc) is 2.48. The van der Waals surface area contributed by atoms with Crippen LogP contribution in [0.5, 0.6) is 0 Å². The van der Waals surface area contributed by atoms with Crippen LogP contribution in [0.15, 0.2) is 0 Å². The average molecular weight is 330 g/mol. The molecule has 10 heteroatoms. The molecule has 0 heterocycles. The van der Waals surface area contributed by atoms with Crippen molar-refractivity contribution in [3.63, 3.8) is 0 Å². The maximum absolute atomic E-state index is 9.66. The van der Waals surface area contributed by atoms with Gasteiger partial charge in [0.1, 0.15) is 48.8 Å². The molecule has 22 heavy (non-hydrogen) atoms. The molecular weight excluding hydrogens is 304 g/mol. The van der Waals surface area contributed by atoms with E-state index in [1.54, 1.807) is 0 Å². The fourth-order valence-electron chi connectivity index (χ4n) is 1.78. The van der Waals surface area contributed by atoms with E-state index in [4.69, 9.17) is 10.2 Å². The highest BCUT2D eigenvalue weighted by Gasteiger charge is 2.42. The van der Waals surface area contributed by atoms with E-state index in [9.17, 15) is 40.9 Å². The van der Waals surface area contributed by atoms with Crippen LogP contribution in [0.25, 0.3) is 0 Å². The standard InChI is InChI=1S/C12H26O10/c1-3(13)5(15)7(17)9(19)11(21)12(22)10(20)8(18)6(16)4(2)14/h3-22H,1-2H3. The van der Waals surface area contributed by atoms with Crippen molar-refractivity contribution in [3.8, 4) is 0 Å². The Morgan fingerprint density at radius 3 is 0.591 bits per heavy atom. The molecule has 0 spiro atoms. The maximum atomic E-state index is 9.66. The molecule has 0 aromatic carbocycles. The minimum Gasteiger partial charge on any atom is -0.391 e. The summed E-state index contributed by atoms with van der Waals surface area (Å²) in [5, 5.41) is 94.5. The van der Waals surface area contributed by atoms with E-state index in [1.807, 2.05) is 0 Å². The second kappa shape index (κ2) is 9.03. The molecule has 0 aliphatic carbocycles. The van der Waals surface area contributed by atoms with Crippen molar-refractivity contribution in [2.75, 3.05) is 0 Å². The van der Waals surface area contributed by atoms with Crippen LogP contribution in [0.3, 0.4) is 0 Å². The lowest BCUT2D eigenvalue weighted by Gasteiger charge is -2.34. The highest BCUT2D eigenvalue weighted by atomic mass is 16.4. The predicted molar refractivity (Wildman–Crippen MR) is 71.4 cm³/mol. The summed E-state index contributed by atoms with van der Waals surface area (Å²) in [5.74, 6) is 0. The lowest BCUT2D eigenvalue weighted by Crippen LogP contribution is -2.57. The van der Waals surface area contributed by atoms with E-state index in [2.05, 4.69) is 0 Å². The van der Waals surface area contributed by atoms with Gasteiger partial charge in [0.2, 0.25) is 0 Å². The molecule has 0 aromatic heterocycles. The number of aliphatic hydroxyl groups is 10. The van der Waals surface area contributed by atoms with Gasteiger partial charge in [-0.3, -0.25) is 0 Å². The van der Waals surface area contributed by atoms with E-state index < -0.39 is 61.0 Å². The summed E-state index contributed by atoms with van der Waals surface area (Å²) in [6, 6.07) is 0. The summed E-state index contributed by atoms with van der Waals surface area (Å²) in [6.07, 6.45) is -19.4. The van der Waals surface area contributed by atoms with Gasteiger partial charge in [0, 0.05) is 0 Å². The van der Waals surface area contributed by atoms with Crippen LogP contribution in [-0.2, 0) is 0 Å². The Bertz CT molecular complexity index is 282. The fraction of sp³-hybridized carbons (Fsp3) is 1.00. The molecule has 0 rings (SSSR count). The van der Waals surface area contributed by atoms with Gasteiger partial charge in [-0.05, 0) is 13.8 Å². The van der Waals surface area contributed by atoms with Crippen LogP contribution in [-0.4, -0.2) is 112 Å². The minimum atomic E-state index is -2.21. The molecule has 10 atom stereocenters. The van der Waals surface area contributed by atoms with Gasteiger partial charge in [-0.25, -0.2) is 0 Å². The highest BCUT2D eigenvalue weighted by Crippen LogP contribution is 2.16. The largest absolute Gasteiger partial charge is 0.391 e. The quantitative estimate of drug-likeness (QED) is 0.194. The third kappa shape index (κ3) is 5.35. The Labute approximate surface area is 127 Å². The second-order valence-electron chi connectivity index (χ2n) is 5.41. The Balaban J connectivity index is 4.86. The molecule has 134 valence electrons. The lowest BCUT2D eigenvalue weighted by atomic mass is 9.91. The van der Waals surface area contributed by atoms with Gasteiger partial charge in [0.15, 0.2) is 0 Å². The van der Waals surface area contributed by atoms with Crippen molar-refractivity contribution in [3.05, 3.63) is 0 Å². The first-order valence-electron chi connectivity index (χ1n) is 6.74. The van der Waals surface area contributed by atoms with Crippen molar-refractivity contribution in [2.45, 2.75) is 74.9 Å². The van der Waals surface area contributed by atoms with E-state index in [-0.39, 0.29) is 0 Å². The van der Waals surface area contributed by atoms with Gasteiger partial charge < -0.3 is 51.1 Å². The smallest absolute Gasteiger partial charge is 0.111 e. The van der Waals surface area contributed by atoms with Gasteiger partial charge in [-0.2, -0.15) is 0 Å². The first-order chi connectivity index (χ1) is 9.93. The number of hydrogen-bond acceptors (Lipinski definition) is 10. The molecule has 10 N–H and O–H groups in total. The van der Waals surface area contributed by atoms with Crippen LogP contribution in [0, 0.1) is 0 Å². The zero-order chi connectivity index (χ0) is 17.8. The monoisotopic (exact) mass is 330 g/mol. The number of hydrogen-bond donors (Lipinski definition) is 10. The zero-order valence-electron chi connectivity index (χ0n) is 12.2. The minimum absolute atomic E-state index is 1.11. The Kier molecular flexibility index (Phi) is 8.87. The molecule has 0 fully saturated rings. The van der Waals surface area contributed by atoms with E-state index in [1.165, 1.54) is 0 Å². The Hall–Kier alpha value is -0.400. The molecular formula is C12H26O10. The molecule has 0 aromatic rings. The third-order valence-electron chi connectivity index (χ3n) is 3.44. The zero-order valence-corrected chi connectivity index (χ0v) is 12.2. The summed E-state index contributed by atoms with van der Waals surface area (Å²) in [6.45, 7) is 2.22. The molecule has 0 saturated heterocycles. The second-order valence-corrected chi connectivity index (χ2v) is 5.41. The molecule has 0 aliphatic rings. The van der Waals surface area contributed by atoms with Crippen LogP contribution < -0.4 is 0 Å². The molecule has 0 aliphatic heterocycles. The van der Waals surface area contributed by atoms with Crippen LogP contribution in [0.2, 0.25) is 0 Å². The topological polar surface area (TPSA) is 202 Å². The third-order valence-corrected chi connectivity index (χ3v) is 3.44. The van der Waals surface area contributed by atoms with Crippen molar-refractivity contribution >= 4 is 0 Å². The molecule has 0 amide bonds. The van der Waals surface area contributed by atoms with Crippen molar-refractivity contribution < 1.29 is 51.1 Å². The van der Waals surface area contributed by atoms with Gasteiger partial charge in [0.05, 0.1) is 12.2 Å². The predicted octanol–water partition coefficient (Wildman–Crippen LogP) is -5.36. The Morgan fingerprint density at radius 2 is 0.455 bits per heavy atom. The van der Waals surface area contributed by atoms with Crippen molar-refractivity contribution in [2.24, 2.45) is 0 Å². The Morgan fingerprint density at radius 1 is 0.318 bits per heavy atom. The summed E-state index contributed by atoms with van der Waals surface area (Å²) in [4.78, 5) is 0. The van der Waals surface area contributed by atoms with Gasteiger partial charge in [-0.1, -0.05) is 0 Å². The molecule has 0 bridgehead atoms. The lowest BCUT2D eigenvalue weighted by molar-refractivity contribution is -0.188. The fourth-order valence-corrected chi connectivity index (χ4v) is 1.78. The first kappa shape index (κ1) is 21.6. The van der Waals surface area contributed by atoms with Gasteiger partial charge >= 0.3 is 0 Å².